The zero-order valence-corrected chi connectivity index (χ0v) is 10.2. The average Bonchev–Trinajstić information content (AvgIpc) is 2.78. The Morgan fingerprint density at radius 3 is 3.00 bits per heavy atom. The lowest BCUT2D eigenvalue weighted by Crippen LogP contribution is -2.15. The van der Waals surface area contributed by atoms with Gasteiger partial charge in [0.15, 0.2) is 4.77 Å². The third kappa shape index (κ3) is 2.10. The zero-order valence-electron chi connectivity index (χ0n) is 8.60. The number of aromatic amines is 1. The number of nitrogens with one attached hydrogen (secondary N) is 1. The maximum atomic E-state index is 5.19. The smallest absolute Gasteiger partial charge is 0.225 e. The Kier molecular flexibility index (Phi) is 2.88. The second-order valence-electron chi connectivity index (χ2n) is 3.39. The van der Waals surface area contributed by atoms with Crippen LogP contribution in [0.1, 0.15) is 4.88 Å². The second-order valence-corrected chi connectivity index (χ2v) is 4.81. The van der Waals surface area contributed by atoms with Gasteiger partial charge in [0, 0.05) is 19.0 Å². The predicted octanol–water partition coefficient (Wildman–Crippen LogP) is 2.12. The molecule has 0 saturated carbocycles. The van der Waals surface area contributed by atoms with Crippen LogP contribution in [0.15, 0.2) is 17.5 Å². The van der Waals surface area contributed by atoms with Crippen LogP contribution in [0.5, 0.6) is 0 Å². The molecule has 0 aliphatic rings. The molecule has 2 heterocycles. The molecular formula is C9H12N4S2. The van der Waals surface area contributed by atoms with E-state index in [0.29, 0.717) is 4.77 Å². The average molecular weight is 240 g/mol. The summed E-state index contributed by atoms with van der Waals surface area (Å²) < 4.78 is 2.65. The third-order valence-corrected chi connectivity index (χ3v) is 3.20. The number of rotatable bonds is 3. The van der Waals surface area contributed by atoms with Crippen LogP contribution in [-0.4, -0.2) is 28.9 Å². The number of H-pyrrole nitrogens is 1. The number of aromatic nitrogens is 3. The van der Waals surface area contributed by atoms with Crippen molar-refractivity contribution in [2.24, 2.45) is 0 Å². The largest absolute Gasteiger partial charge is 0.347 e. The molecule has 0 radical (unpaired) electrons. The number of thiophene rings is 1. The summed E-state index contributed by atoms with van der Waals surface area (Å²) >= 11 is 6.91. The fraction of sp³-hybridized carbons (Fsp3) is 0.333. The van der Waals surface area contributed by atoms with Crippen molar-refractivity contribution in [1.82, 2.24) is 14.8 Å². The van der Waals surface area contributed by atoms with Crippen LogP contribution in [0, 0.1) is 4.77 Å². The quantitative estimate of drug-likeness (QED) is 0.835. The normalized spacial score (nSPS) is 10.5. The van der Waals surface area contributed by atoms with E-state index in [4.69, 9.17) is 12.2 Å². The lowest BCUT2D eigenvalue weighted by Gasteiger charge is -2.12. The van der Waals surface area contributed by atoms with Crippen molar-refractivity contribution in [2.75, 3.05) is 19.0 Å². The van der Waals surface area contributed by atoms with Crippen LogP contribution >= 0.6 is 23.6 Å². The summed E-state index contributed by atoms with van der Waals surface area (Å²) in [7, 11) is 3.91. The lowest BCUT2D eigenvalue weighted by atomic mass is 10.4. The molecular weight excluding hydrogens is 228 g/mol. The van der Waals surface area contributed by atoms with E-state index in [-0.39, 0.29) is 0 Å². The molecule has 2 rings (SSSR count). The van der Waals surface area contributed by atoms with Crippen molar-refractivity contribution < 1.29 is 0 Å². The highest BCUT2D eigenvalue weighted by Gasteiger charge is 2.08. The van der Waals surface area contributed by atoms with Crippen LogP contribution in [-0.2, 0) is 6.54 Å². The minimum atomic E-state index is 0.659. The molecule has 6 heteroatoms. The van der Waals surface area contributed by atoms with E-state index in [1.165, 1.54) is 4.88 Å². The minimum absolute atomic E-state index is 0.659. The first-order chi connectivity index (χ1) is 7.18. The topological polar surface area (TPSA) is 36.9 Å². The summed E-state index contributed by atoms with van der Waals surface area (Å²) in [6.45, 7) is 0.778. The van der Waals surface area contributed by atoms with Gasteiger partial charge in [-0.05, 0) is 23.7 Å². The Labute approximate surface area is 97.2 Å². The Bertz CT molecular complexity index is 480. The zero-order chi connectivity index (χ0) is 10.8. The molecule has 0 bridgehead atoms. The van der Waals surface area contributed by atoms with Gasteiger partial charge in [0.25, 0.3) is 0 Å². The predicted molar refractivity (Wildman–Crippen MR) is 65.2 cm³/mol. The van der Waals surface area contributed by atoms with Crippen LogP contribution in [0.3, 0.4) is 0 Å². The second kappa shape index (κ2) is 4.16. The van der Waals surface area contributed by atoms with Crippen molar-refractivity contribution in [3.05, 3.63) is 27.2 Å². The van der Waals surface area contributed by atoms with Gasteiger partial charge in [0.2, 0.25) is 5.95 Å². The van der Waals surface area contributed by atoms with Gasteiger partial charge in [0.05, 0.1) is 6.54 Å². The van der Waals surface area contributed by atoms with E-state index in [2.05, 4.69) is 21.6 Å². The Morgan fingerprint density at radius 1 is 1.60 bits per heavy atom. The summed E-state index contributed by atoms with van der Waals surface area (Å²) in [5.74, 6) is 0.855. The maximum Gasteiger partial charge on any atom is 0.225 e. The van der Waals surface area contributed by atoms with Gasteiger partial charge < -0.3 is 4.90 Å². The van der Waals surface area contributed by atoms with Gasteiger partial charge in [-0.25, -0.2) is 5.10 Å². The Hall–Kier alpha value is -1.14. The van der Waals surface area contributed by atoms with Crippen LogP contribution in [0.25, 0.3) is 0 Å². The van der Waals surface area contributed by atoms with Gasteiger partial charge in [-0.1, -0.05) is 6.07 Å². The summed E-state index contributed by atoms with van der Waals surface area (Å²) in [4.78, 5) is 3.22. The molecule has 2 aromatic heterocycles. The number of anilines is 1. The molecule has 2 aromatic rings. The summed E-state index contributed by atoms with van der Waals surface area (Å²) in [6.07, 6.45) is 0. The van der Waals surface area contributed by atoms with Crippen molar-refractivity contribution in [2.45, 2.75) is 6.54 Å². The molecule has 1 N–H and O–H groups in total. The van der Waals surface area contributed by atoms with Crippen LogP contribution < -0.4 is 4.90 Å². The highest BCUT2D eigenvalue weighted by Crippen LogP contribution is 2.15. The van der Waals surface area contributed by atoms with Crippen molar-refractivity contribution in [1.29, 1.82) is 0 Å². The van der Waals surface area contributed by atoms with Gasteiger partial charge in [0.1, 0.15) is 0 Å². The molecule has 0 spiro atoms. The SMILES string of the molecule is CN(C)c1n[nH]c(=S)n1Cc1cccs1. The minimum Gasteiger partial charge on any atom is -0.347 e. The number of hydrogen-bond donors (Lipinski definition) is 1. The first-order valence-corrected chi connectivity index (χ1v) is 5.82. The van der Waals surface area contributed by atoms with Gasteiger partial charge in [-0.2, -0.15) is 0 Å². The van der Waals surface area contributed by atoms with E-state index in [1.54, 1.807) is 11.3 Å². The van der Waals surface area contributed by atoms with E-state index in [9.17, 15) is 0 Å². The molecule has 4 nitrogen and oxygen atoms in total. The maximum absolute atomic E-state index is 5.19. The first-order valence-electron chi connectivity index (χ1n) is 4.53. The van der Waals surface area contributed by atoms with E-state index in [1.807, 2.05) is 29.6 Å². The third-order valence-electron chi connectivity index (χ3n) is 2.03. The van der Waals surface area contributed by atoms with Gasteiger partial charge >= 0.3 is 0 Å². The van der Waals surface area contributed by atoms with E-state index < -0.39 is 0 Å². The monoisotopic (exact) mass is 240 g/mol. The van der Waals surface area contributed by atoms with Gasteiger partial charge in [-0.3, -0.25) is 4.57 Å². The van der Waals surface area contributed by atoms with Crippen molar-refractivity contribution >= 4 is 29.5 Å². The van der Waals surface area contributed by atoms with Crippen LogP contribution in [0.2, 0.25) is 0 Å². The number of nitrogens with zero attached hydrogens (tertiary/aromatic N) is 3. The lowest BCUT2D eigenvalue weighted by molar-refractivity contribution is 0.777. The fourth-order valence-corrected chi connectivity index (χ4v) is 2.24. The van der Waals surface area contributed by atoms with Gasteiger partial charge in [-0.15, -0.1) is 16.4 Å². The summed E-state index contributed by atoms with van der Waals surface area (Å²) in [5.41, 5.74) is 0. The van der Waals surface area contributed by atoms with Crippen molar-refractivity contribution in [3.63, 3.8) is 0 Å². The van der Waals surface area contributed by atoms with E-state index in [0.717, 1.165) is 12.5 Å². The van der Waals surface area contributed by atoms with E-state index >= 15 is 0 Å². The molecule has 0 aromatic carbocycles. The highest BCUT2D eigenvalue weighted by molar-refractivity contribution is 7.71. The van der Waals surface area contributed by atoms with Crippen molar-refractivity contribution in [3.8, 4) is 0 Å². The fourth-order valence-electron chi connectivity index (χ4n) is 1.35. The molecule has 0 saturated heterocycles. The molecule has 15 heavy (non-hydrogen) atoms. The highest BCUT2D eigenvalue weighted by atomic mass is 32.1. The van der Waals surface area contributed by atoms with Crippen LogP contribution in [0.4, 0.5) is 5.95 Å². The number of hydrogen-bond acceptors (Lipinski definition) is 4. The summed E-state index contributed by atoms with van der Waals surface area (Å²) in [6, 6.07) is 4.14. The molecule has 0 amide bonds. The Balaban J connectivity index is 2.35. The Morgan fingerprint density at radius 2 is 2.40 bits per heavy atom. The molecule has 0 aliphatic heterocycles. The summed E-state index contributed by atoms with van der Waals surface area (Å²) in [5, 5.41) is 9.05. The first kappa shape index (κ1) is 10.4. The molecule has 0 atom stereocenters. The standard InChI is InChI=1S/C9H12N4S2/c1-12(2)8-10-11-9(14)13(8)6-7-4-3-5-15-7/h3-5H,6H2,1-2H3,(H,11,14). The molecule has 0 unspecified atom stereocenters. The molecule has 80 valence electrons. The molecule has 0 fully saturated rings. The molecule has 0 aliphatic carbocycles.